The van der Waals surface area contributed by atoms with Crippen LogP contribution in [0.25, 0.3) is 0 Å². The molecule has 0 unspecified atom stereocenters. The Labute approximate surface area is 45.5 Å². The van der Waals surface area contributed by atoms with Crippen LogP contribution in [-0.2, 0) is 5.11 Å². The minimum Gasteiger partial charge on any atom is -0.493 e. The Hall–Kier alpha value is -1.32. The quantitative estimate of drug-likeness (QED) is 0.524. The lowest BCUT2D eigenvalue weighted by Gasteiger charge is -1.84. The third-order valence-electron chi connectivity index (χ3n) is 0.619. The zero-order valence-corrected chi connectivity index (χ0v) is 3.90. The lowest BCUT2D eigenvalue weighted by molar-refractivity contribution is 0.309. The molecule has 0 bridgehead atoms. The molecule has 0 saturated carbocycles. The summed E-state index contributed by atoms with van der Waals surface area (Å²) in [6.45, 7) is 0. The summed E-state index contributed by atoms with van der Waals surface area (Å²) in [6.07, 6.45) is 1.20. The van der Waals surface area contributed by atoms with Crippen molar-refractivity contribution in [2.45, 2.75) is 0 Å². The molecule has 1 radical (unpaired) electrons. The Bertz CT molecular complexity index is 172. The normalized spacial score (nSPS) is 9.00. The van der Waals surface area contributed by atoms with E-state index in [2.05, 4.69) is 9.97 Å². The Kier molecular flexibility index (Phi) is 0.997. The minimum atomic E-state index is -0.662. The number of rotatable bonds is 0. The van der Waals surface area contributed by atoms with Crippen LogP contribution in [0.5, 0.6) is 11.9 Å². The van der Waals surface area contributed by atoms with Gasteiger partial charge in [0, 0.05) is 12.3 Å². The van der Waals surface area contributed by atoms with E-state index in [1.54, 1.807) is 0 Å². The van der Waals surface area contributed by atoms with E-state index in [-0.39, 0.29) is 5.88 Å². The van der Waals surface area contributed by atoms with Gasteiger partial charge in [-0.25, -0.2) is 5.11 Å². The highest BCUT2D eigenvalue weighted by Crippen LogP contribution is 2.04. The Morgan fingerprint density at radius 2 is 2.38 bits per heavy atom. The molecule has 1 heterocycles. The first kappa shape index (κ1) is 4.83. The van der Waals surface area contributed by atoms with E-state index in [4.69, 9.17) is 5.11 Å². The molecule has 0 amide bonds. The SMILES string of the molecule is [O]c1nccc(O)n1. The zero-order chi connectivity index (χ0) is 5.98. The van der Waals surface area contributed by atoms with Gasteiger partial charge >= 0.3 is 6.01 Å². The largest absolute Gasteiger partial charge is 0.493 e. The summed E-state index contributed by atoms with van der Waals surface area (Å²) in [5.41, 5.74) is 0. The van der Waals surface area contributed by atoms with E-state index in [1.807, 2.05) is 0 Å². The smallest absolute Gasteiger partial charge is 0.370 e. The average molecular weight is 111 g/mol. The van der Waals surface area contributed by atoms with Gasteiger partial charge in [-0.05, 0) is 0 Å². The molecular formula is C4H3N2O2. The van der Waals surface area contributed by atoms with Crippen molar-refractivity contribution in [1.29, 1.82) is 0 Å². The van der Waals surface area contributed by atoms with Crippen molar-refractivity contribution in [3.63, 3.8) is 0 Å². The molecule has 0 aliphatic rings. The van der Waals surface area contributed by atoms with Gasteiger partial charge in [0.15, 0.2) is 0 Å². The third-order valence-corrected chi connectivity index (χ3v) is 0.619. The van der Waals surface area contributed by atoms with Gasteiger partial charge in [-0.15, -0.1) is 0 Å². The number of aromatic hydroxyl groups is 1. The van der Waals surface area contributed by atoms with Crippen molar-refractivity contribution >= 4 is 0 Å². The Balaban J connectivity index is 3.08. The second-order valence-electron chi connectivity index (χ2n) is 1.20. The van der Waals surface area contributed by atoms with E-state index in [1.165, 1.54) is 12.3 Å². The first-order valence-electron chi connectivity index (χ1n) is 1.98. The first-order chi connectivity index (χ1) is 3.79. The van der Waals surface area contributed by atoms with Gasteiger partial charge in [0.25, 0.3) is 0 Å². The van der Waals surface area contributed by atoms with Crippen LogP contribution in [0.3, 0.4) is 0 Å². The summed E-state index contributed by atoms with van der Waals surface area (Å²) in [7, 11) is 0. The van der Waals surface area contributed by atoms with E-state index in [0.29, 0.717) is 0 Å². The maximum Gasteiger partial charge on any atom is 0.370 e. The standard InChI is InChI=1S/C4H3N2O2/c7-3-1-2-5-4(8)6-3/h1-2H,(H,5,6,7). The Morgan fingerprint density at radius 1 is 1.62 bits per heavy atom. The summed E-state index contributed by atoms with van der Waals surface area (Å²) < 4.78 is 0. The average Bonchev–Trinajstić information content (AvgIpc) is 1.64. The Morgan fingerprint density at radius 3 is 2.75 bits per heavy atom. The van der Waals surface area contributed by atoms with Crippen molar-refractivity contribution in [1.82, 2.24) is 9.97 Å². The number of nitrogens with zero attached hydrogens (tertiary/aromatic N) is 2. The molecule has 1 aromatic rings. The van der Waals surface area contributed by atoms with Crippen LogP contribution < -0.4 is 0 Å². The maximum absolute atomic E-state index is 10.1. The second kappa shape index (κ2) is 1.65. The lowest BCUT2D eigenvalue weighted by Crippen LogP contribution is -1.75. The fourth-order valence-electron chi connectivity index (χ4n) is 0.332. The van der Waals surface area contributed by atoms with E-state index in [0.717, 1.165) is 0 Å². The topological polar surface area (TPSA) is 65.9 Å². The fourth-order valence-corrected chi connectivity index (χ4v) is 0.332. The van der Waals surface area contributed by atoms with Crippen LogP contribution in [0, 0.1) is 0 Å². The van der Waals surface area contributed by atoms with E-state index in [9.17, 15) is 5.11 Å². The molecule has 0 aliphatic carbocycles. The fraction of sp³-hybridized carbons (Fsp3) is 0. The molecule has 41 valence electrons. The monoisotopic (exact) mass is 111 g/mol. The van der Waals surface area contributed by atoms with Crippen molar-refractivity contribution < 1.29 is 10.2 Å². The first-order valence-corrected chi connectivity index (χ1v) is 1.98. The van der Waals surface area contributed by atoms with E-state index >= 15 is 0 Å². The third kappa shape index (κ3) is 0.841. The van der Waals surface area contributed by atoms with Gasteiger partial charge in [0.05, 0.1) is 0 Å². The maximum atomic E-state index is 10.1. The highest BCUT2D eigenvalue weighted by atomic mass is 16.3. The molecule has 1 aromatic heterocycles. The predicted octanol–water partition coefficient (Wildman–Crippen LogP) is 0.326. The van der Waals surface area contributed by atoms with Crippen LogP contribution in [0.2, 0.25) is 0 Å². The summed E-state index contributed by atoms with van der Waals surface area (Å²) in [6, 6.07) is 0.575. The van der Waals surface area contributed by atoms with Crippen LogP contribution >= 0.6 is 0 Å². The van der Waals surface area contributed by atoms with Crippen molar-refractivity contribution in [2.75, 3.05) is 0 Å². The van der Waals surface area contributed by atoms with Gasteiger partial charge in [0.1, 0.15) is 0 Å². The molecule has 4 nitrogen and oxygen atoms in total. The van der Waals surface area contributed by atoms with Gasteiger partial charge in [-0.2, -0.15) is 9.97 Å². The zero-order valence-electron chi connectivity index (χ0n) is 3.90. The summed E-state index contributed by atoms with van der Waals surface area (Å²) >= 11 is 0. The van der Waals surface area contributed by atoms with Crippen LogP contribution in [0.4, 0.5) is 0 Å². The molecule has 0 saturated heterocycles. The molecule has 8 heavy (non-hydrogen) atoms. The number of hydrogen-bond donors (Lipinski definition) is 1. The van der Waals surface area contributed by atoms with E-state index < -0.39 is 6.01 Å². The van der Waals surface area contributed by atoms with Crippen molar-refractivity contribution in [3.05, 3.63) is 12.3 Å². The molecule has 0 atom stereocenters. The lowest BCUT2D eigenvalue weighted by atomic mass is 10.6. The van der Waals surface area contributed by atoms with Crippen LogP contribution in [-0.4, -0.2) is 15.1 Å². The molecule has 0 aliphatic heterocycles. The molecule has 0 aromatic carbocycles. The molecule has 1 N–H and O–H groups in total. The molecule has 4 heteroatoms. The van der Waals surface area contributed by atoms with Crippen LogP contribution in [0.1, 0.15) is 0 Å². The summed E-state index contributed by atoms with van der Waals surface area (Å²) in [5, 5.41) is 18.6. The molecule has 0 fully saturated rings. The molecular weight excluding hydrogens is 108 g/mol. The molecule has 0 spiro atoms. The molecule has 1 rings (SSSR count). The predicted molar refractivity (Wildman–Crippen MR) is 23.8 cm³/mol. The highest BCUT2D eigenvalue weighted by molar-refractivity contribution is 5.07. The van der Waals surface area contributed by atoms with Gasteiger partial charge in [0.2, 0.25) is 5.88 Å². The minimum absolute atomic E-state index is 0.287. The van der Waals surface area contributed by atoms with Gasteiger partial charge in [-0.1, -0.05) is 0 Å². The van der Waals surface area contributed by atoms with Crippen molar-refractivity contribution in [3.8, 4) is 11.9 Å². The van der Waals surface area contributed by atoms with Gasteiger partial charge in [-0.3, -0.25) is 0 Å². The highest BCUT2D eigenvalue weighted by Gasteiger charge is 1.91. The summed E-state index contributed by atoms with van der Waals surface area (Å²) in [5.74, 6) is -0.287. The van der Waals surface area contributed by atoms with Gasteiger partial charge < -0.3 is 5.11 Å². The number of hydrogen-bond acceptors (Lipinski definition) is 3. The number of aromatic nitrogens is 2. The summed E-state index contributed by atoms with van der Waals surface area (Å²) in [4.78, 5) is 6.28. The van der Waals surface area contributed by atoms with Crippen molar-refractivity contribution in [2.24, 2.45) is 0 Å². The second-order valence-corrected chi connectivity index (χ2v) is 1.20. The van der Waals surface area contributed by atoms with Crippen LogP contribution in [0.15, 0.2) is 12.3 Å².